The van der Waals surface area contributed by atoms with Crippen molar-refractivity contribution >= 4 is 40.7 Å². The highest BCUT2D eigenvalue weighted by Gasteiger charge is 2.12. The van der Waals surface area contributed by atoms with Crippen LogP contribution in [0.5, 0.6) is 0 Å². The van der Waals surface area contributed by atoms with Crippen molar-refractivity contribution in [3.8, 4) is 0 Å². The molecule has 1 aliphatic rings. The van der Waals surface area contributed by atoms with Gasteiger partial charge in [-0.15, -0.1) is 35.0 Å². The Hall–Kier alpha value is 0.160. The van der Waals surface area contributed by atoms with Crippen molar-refractivity contribution in [2.24, 2.45) is 0 Å². The van der Waals surface area contributed by atoms with Gasteiger partial charge in [-0.25, -0.2) is 0 Å². The molecule has 2 heterocycles. The predicted octanol–water partition coefficient (Wildman–Crippen LogP) is 0.987. The highest BCUT2D eigenvalue weighted by atomic mass is 79.9. The number of fused-ring (bicyclic) bond motifs is 1. The summed E-state index contributed by atoms with van der Waals surface area (Å²) >= 11 is 3.31. The minimum Gasteiger partial charge on any atom is -0.308 e. The van der Waals surface area contributed by atoms with Crippen LogP contribution in [0.25, 0.3) is 0 Å². The van der Waals surface area contributed by atoms with Gasteiger partial charge in [0.15, 0.2) is 4.73 Å². The zero-order chi connectivity index (χ0) is 6.97. The first-order valence-corrected chi connectivity index (χ1v) is 3.95. The van der Waals surface area contributed by atoms with E-state index in [1.807, 2.05) is 0 Å². The van der Waals surface area contributed by atoms with Crippen LogP contribution in [0.15, 0.2) is 4.73 Å². The van der Waals surface area contributed by atoms with E-state index in [9.17, 15) is 0 Å². The molecule has 4 nitrogen and oxygen atoms in total. The largest absolute Gasteiger partial charge is 0.308 e. The third-order valence-corrected chi connectivity index (χ3v) is 2.16. The van der Waals surface area contributed by atoms with E-state index in [4.69, 9.17) is 0 Å². The van der Waals surface area contributed by atoms with Crippen LogP contribution in [-0.4, -0.2) is 21.3 Å². The first-order chi connectivity index (χ1) is 4.88. The third-order valence-electron chi connectivity index (χ3n) is 1.58. The summed E-state index contributed by atoms with van der Waals surface area (Å²) in [6.07, 6.45) is 0. The lowest BCUT2D eigenvalue weighted by Gasteiger charge is -2.13. The van der Waals surface area contributed by atoms with Crippen LogP contribution in [0.2, 0.25) is 0 Å². The van der Waals surface area contributed by atoms with E-state index in [1.165, 1.54) is 0 Å². The van der Waals surface area contributed by atoms with E-state index >= 15 is 0 Å². The zero-order valence-electron chi connectivity index (χ0n) is 6.16. The van der Waals surface area contributed by atoms with Gasteiger partial charge in [-0.05, 0) is 15.9 Å². The fraction of sp³-hybridized carbons (Fsp3) is 0.600. The maximum absolute atomic E-state index is 3.96. The summed E-state index contributed by atoms with van der Waals surface area (Å²) < 4.78 is 2.90. The molecule has 0 atom stereocenters. The molecular weight excluding hydrogens is 267 g/mol. The highest BCUT2D eigenvalue weighted by molar-refractivity contribution is 9.10. The van der Waals surface area contributed by atoms with E-state index < -0.39 is 0 Å². The van der Waals surface area contributed by atoms with Gasteiger partial charge in [0.2, 0.25) is 0 Å². The minimum absolute atomic E-state index is 0. The van der Waals surface area contributed by atoms with Gasteiger partial charge in [0.25, 0.3) is 0 Å². The Kier molecular flexibility index (Phi) is 5.08. The van der Waals surface area contributed by atoms with E-state index in [-0.39, 0.29) is 24.8 Å². The molecule has 1 aromatic rings. The molecule has 0 amide bonds. The molecule has 7 heteroatoms. The van der Waals surface area contributed by atoms with Gasteiger partial charge in [-0.2, -0.15) is 0 Å². The fourth-order valence-electron chi connectivity index (χ4n) is 1.06. The van der Waals surface area contributed by atoms with Gasteiger partial charge in [0.05, 0.1) is 6.54 Å². The number of hydrogen-bond donors (Lipinski definition) is 1. The van der Waals surface area contributed by atoms with Gasteiger partial charge < -0.3 is 9.88 Å². The third kappa shape index (κ3) is 2.10. The summed E-state index contributed by atoms with van der Waals surface area (Å²) in [5.41, 5.74) is 0. The molecule has 0 saturated heterocycles. The Bertz CT molecular complexity index is 252. The van der Waals surface area contributed by atoms with E-state index in [1.54, 1.807) is 0 Å². The molecule has 0 unspecified atom stereocenters. The van der Waals surface area contributed by atoms with Crippen molar-refractivity contribution in [3.63, 3.8) is 0 Å². The summed E-state index contributed by atoms with van der Waals surface area (Å²) in [6, 6.07) is 0. The van der Waals surface area contributed by atoms with Crippen LogP contribution in [0.4, 0.5) is 0 Å². The summed E-state index contributed by atoms with van der Waals surface area (Å²) in [4.78, 5) is 0. The molecule has 0 spiro atoms. The first kappa shape index (κ1) is 12.2. The van der Waals surface area contributed by atoms with Crippen molar-refractivity contribution in [1.82, 2.24) is 20.1 Å². The van der Waals surface area contributed by atoms with Crippen LogP contribution in [0, 0.1) is 0 Å². The average Bonchev–Trinajstić information content (AvgIpc) is 2.34. The van der Waals surface area contributed by atoms with Crippen LogP contribution in [-0.2, 0) is 13.1 Å². The topological polar surface area (TPSA) is 42.7 Å². The molecule has 0 bridgehead atoms. The predicted molar refractivity (Wildman–Crippen MR) is 53.9 cm³/mol. The van der Waals surface area contributed by atoms with Crippen molar-refractivity contribution in [2.45, 2.75) is 13.1 Å². The van der Waals surface area contributed by atoms with E-state index in [0.29, 0.717) is 0 Å². The monoisotopic (exact) mass is 274 g/mol. The standard InChI is InChI=1S/C5H7BrN4.2ClH/c6-5-9-8-4-3-7-1-2-10(4)5;;/h7H,1-3H2;2*1H. The molecule has 1 aliphatic heterocycles. The van der Waals surface area contributed by atoms with Gasteiger partial charge in [-0.1, -0.05) is 0 Å². The van der Waals surface area contributed by atoms with Crippen molar-refractivity contribution < 1.29 is 0 Å². The number of rotatable bonds is 0. The molecule has 0 radical (unpaired) electrons. The number of nitrogens with one attached hydrogen (secondary N) is 1. The lowest BCUT2D eigenvalue weighted by atomic mass is 10.4. The van der Waals surface area contributed by atoms with E-state index in [2.05, 4.69) is 36.0 Å². The van der Waals surface area contributed by atoms with Crippen molar-refractivity contribution in [2.75, 3.05) is 6.54 Å². The molecule has 1 N–H and O–H groups in total. The van der Waals surface area contributed by atoms with E-state index in [0.717, 1.165) is 30.2 Å². The maximum Gasteiger partial charge on any atom is 0.200 e. The van der Waals surface area contributed by atoms with Crippen LogP contribution in [0.1, 0.15) is 5.82 Å². The minimum atomic E-state index is 0. The van der Waals surface area contributed by atoms with Gasteiger partial charge >= 0.3 is 0 Å². The molecule has 0 aromatic carbocycles. The van der Waals surface area contributed by atoms with Gasteiger partial charge in [-0.3, -0.25) is 0 Å². The Morgan fingerprint density at radius 2 is 2.08 bits per heavy atom. The second-order valence-electron chi connectivity index (χ2n) is 2.21. The Morgan fingerprint density at radius 3 is 2.75 bits per heavy atom. The van der Waals surface area contributed by atoms with Crippen molar-refractivity contribution in [3.05, 3.63) is 10.6 Å². The molecule has 0 saturated carbocycles. The number of nitrogens with zero attached hydrogens (tertiary/aromatic N) is 3. The molecular formula is C5H9BrCl2N4. The number of aromatic nitrogens is 3. The lowest BCUT2D eigenvalue weighted by molar-refractivity contribution is 0.500. The lowest BCUT2D eigenvalue weighted by Crippen LogP contribution is -2.28. The van der Waals surface area contributed by atoms with Crippen LogP contribution >= 0.6 is 40.7 Å². The van der Waals surface area contributed by atoms with Crippen LogP contribution in [0.3, 0.4) is 0 Å². The molecule has 1 aromatic heterocycles. The Morgan fingerprint density at radius 1 is 1.33 bits per heavy atom. The summed E-state index contributed by atoms with van der Waals surface area (Å²) in [6.45, 7) is 2.80. The average molecular weight is 276 g/mol. The summed E-state index contributed by atoms with van der Waals surface area (Å²) in [7, 11) is 0. The molecule has 0 fully saturated rings. The maximum atomic E-state index is 3.96. The molecule has 12 heavy (non-hydrogen) atoms. The zero-order valence-corrected chi connectivity index (χ0v) is 9.38. The molecule has 2 rings (SSSR count). The first-order valence-electron chi connectivity index (χ1n) is 3.16. The second-order valence-corrected chi connectivity index (χ2v) is 2.92. The Balaban J connectivity index is 0.000000605. The quantitative estimate of drug-likeness (QED) is 0.768. The normalized spacial score (nSPS) is 14.1. The summed E-state index contributed by atoms with van der Waals surface area (Å²) in [5.74, 6) is 1.01. The van der Waals surface area contributed by atoms with Crippen LogP contribution < -0.4 is 5.32 Å². The van der Waals surface area contributed by atoms with Gasteiger partial charge in [0, 0.05) is 13.1 Å². The highest BCUT2D eigenvalue weighted by Crippen LogP contribution is 2.10. The molecule has 70 valence electrons. The Labute approximate surface area is 91.1 Å². The number of hydrogen-bond acceptors (Lipinski definition) is 3. The second kappa shape index (κ2) is 5.01. The van der Waals surface area contributed by atoms with Crippen molar-refractivity contribution in [1.29, 1.82) is 0 Å². The number of halogens is 3. The summed E-state index contributed by atoms with van der Waals surface area (Å²) in [5, 5.41) is 11.1. The smallest absolute Gasteiger partial charge is 0.200 e. The van der Waals surface area contributed by atoms with Gasteiger partial charge in [0.1, 0.15) is 5.82 Å². The SMILES string of the molecule is Brc1nnc2n1CCNC2.Cl.Cl. The molecule has 0 aliphatic carbocycles. The fourth-order valence-corrected chi connectivity index (χ4v) is 1.52.